The van der Waals surface area contributed by atoms with Crippen LogP contribution in [0, 0.1) is 28.6 Å². The quantitative estimate of drug-likeness (QED) is 0.605. The predicted molar refractivity (Wildman–Crippen MR) is 112 cm³/mol. The molecule has 0 amide bonds. The van der Waals surface area contributed by atoms with Gasteiger partial charge in [-0.05, 0) is 56.6 Å². The smallest absolute Gasteiger partial charge is 0.191 e. The molecule has 7 nitrogen and oxygen atoms in total. The highest BCUT2D eigenvalue weighted by Crippen LogP contribution is 2.70. The van der Waals surface area contributed by atoms with Gasteiger partial charge < -0.3 is 24.2 Å². The Balaban J connectivity index is 1.74. The standard InChI is InChI=1S/C23H32FO7P/c1-13-9-17-16-6-5-14-10-15(25)7-8-20(14,2)22(16,24)18(26)11-21(17,3)23(13,28)19(27)12-31-32(4,29)30/h7-8,10,13,16-18,26,28H,5-6,9,11-12H2,1-4H3,(H,29,30)/p-1/t13-,16-,17+,18+,20+,21+,22+,23+/m1/s1. The zero-order valence-corrected chi connectivity index (χ0v) is 19.7. The third-order valence-electron chi connectivity index (χ3n) is 9.08. The van der Waals surface area contributed by atoms with E-state index in [2.05, 4.69) is 0 Å². The van der Waals surface area contributed by atoms with Crippen LogP contribution in [0.5, 0.6) is 0 Å². The molecule has 0 aliphatic heterocycles. The number of fused-ring (bicyclic) bond motifs is 5. The van der Waals surface area contributed by atoms with E-state index in [9.17, 15) is 29.3 Å². The summed E-state index contributed by atoms with van der Waals surface area (Å²) in [7, 11) is -4.18. The summed E-state index contributed by atoms with van der Waals surface area (Å²) >= 11 is 0. The van der Waals surface area contributed by atoms with Crippen LogP contribution >= 0.6 is 7.60 Å². The summed E-state index contributed by atoms with van der Waals surface area (Å²) in [5.41, 5.74) is -5.66. The van der Waals surface area contributed by atoms with Crippen molar-refractivity contribution in [1.82, 2.24) is 0 Å². The predicted octanol–water partition coefficient (Wildman–Crippen LogP) is 2.10. The highest BCUT2D eigenvalue weighted by Gasteiger charge is 2.75. The van der Waals surface area contributed by atoms with E-state index >= 15 is 4.39 Å². The monoisotopic (exact) mass is 469 g/mol. The number of hydrogen-bond donors (Lipinski definition) is 2. The normalized spacial score (nSPS) is 49.5. The van der Waals surface area contributed by atoms with E-state index in [-0.39, 0.29) is 12.2 Å². The molecule has 4 rings (SSSR count). The average molecular weight is 469 g/mol. The third kappa shape index (κ3) is 2.96. The lowest BCUT2D eigenvalue weighted by Gasteiger charge is -2.62. The summed E-state index contributed by atoms with van der Waals surface area (Å²) in [5, 5.41) is 22.9. The molecule has 0 heterocycles. The van der Waals surface area contributed by atoms with E-state index in [0.29, 0.717) is 24.8 Å². The molecule has 32 heavy (non-hydrogen) atoms. The van der Waals surface area contributed by atoms with Gasteiger partial charge in [-0.15, -0.1) is 0 Å². The topological polar surface area (TPSA) is 124 Å². The Morgan fingerprint density at radius 2 is 2.03 bits per heavy atom. The fraction of sp³-hybridized carbons (Fsp3) is 0.739. The second-order valence-corrected chi connectivity index (χ2v) is 12.4. The largest absolute Gasteiger partial charge is 0.779 e. The van der Waals surface area contributed by atoms with Gasteiger partial charge in [0.1, 0.15) is 19.8 Å². The average Bonchev–Trinajstić information content (AvgIpc) is 2.89. The molecule has 1 unspecified atom stereocenters. The fourth-order valence-electron chi connectivity index (χ4n) is 7.43. The van der Waals surface area contributed by atoms with Crippen LogP contribution in [-0.2, 0) is 18.7 Å². The number of Topliss-reactive ketones (excluding diaryl/α,β-unsaturated/α-hetero) is 1. The Hall–Kier alpha value is -1.18. The van der Waals surface area contributed by atoms with Crippen molar-refractivity contribution in [2.75, 3.05) is 13.3 Å². The molecule has 3 saturated carbocycles. The van der Waals surface area contributed by atoms with Crippen molar-refractivity contribution in [1.29, 1.82) is 0 Å². The lowest BCUT2D eigenvalue weighted by Crippen LogP contribution is -2.69. The molecule has 4 aliphatic carbocycles. The number of carbonyl (C=O) groups excluding carboxylic acids is 2. The maximum absolute atomic E-state index is 17.0. The van der Waals surface area contributed by atoms with Crippen LogP contribution in [-0.4, -0.2) is 52.4 Å². The summed E-state index contributed by atoms with van der Waals surface area (Å²) in [6.07, 6.45) is 3.94. The van der Waals surface area contributed by atoms with Crippen LogP contribution in [0.4, 0.5) is 4.39 Å². The first-order valence-corrected chi connectivity index (χ1v) is 13.1. The number of allylic oxidation sites excluding steroid dienone is 4. The van der Waals surface area contributed by atoms with Crippen molar-refractivity contribution in [3.05, 3.63) is 23.8 Å². The van der Waals surface area contributed by atoms with Crippen LogP contribution in [0.15, 0.2) is 23.8 Å². The van der Waals surface area contributed by atoms with Gasteiger partial charge in [-0.2, -0.15) is 0 Å². The van der Waals surface area contributed by atoms with Gasteiger partial charge in [0, 0.05) is 23.4 Å². The van der Waals surface area contributed by atoms with Crippen LogP contribution in [0.1, 0.15) is 46.5 Å². The van der Waals surface area contributed by atoms with Crippen LogP contribution in [0.25, 0.3) is 0 Å². The van der Waals surface area contributed by atoms with Crippen LogP contribution in [0.3, 0.4) is 0 Å². The number of alkyl halides is 1. The number of aliphatic hydroxyl groups excluding tert-OH is 1. The molecule has 0 aromatic carbocycles. The van der Waals surface area contributed by atoms with Crippen molar-refractivity contribution < 1.29 is 38.2 Å². The molecule has 0 radical (unpaired) electrons. The molecule has 4 aliphatic rings. The lowest BCUT2D eigenvalue weighted by molar-refractivity contribution is -0.221. The number of carbonyl (C=O) groups is 2. The Kier molecular flexibility index (Phi) is 5.36. The van der Waals surface area contributed by atoms with Crippen molar-refractivity contribution in [2.45, 2.75) is 63.8 Å². The van der Waals surface area contributed by atoms with Crippen molar-refractivity contribution >= 4 is 19.2 Å². The van der Waals surface area contributed by atoms with Gasteiger partial charge in [-0.25, -0.2) is 4.39 Å². The molecule has 178 valence electrons. The Labute approximate surface area is 187 Å². The molecule has 9 heteroatoms. The Morgan fingerprint density at radius 1 is 1.38 bits per heavy atom. The maximum atomic E-state index is 17.0. The van der Waals surface area contributed by atoms with E-state index in [0.717, 1.165) is 6.66 Å². The molecule has 3 fully saturated rings. The maximum Gasteiger partial charge on any atom is 0.191 e. The zero-order chi connectivity index (χ0) is 23.9. The third-order valence-corrected chi connectivity index (χ3v) is 9.68. The molecule has 0 aromatic heterocycles. The van der Waals surface area contributed by atoms with Gasteiger partial charge >= 0.3 is 0 Å². The fourth-order valence-corrected chi connectivity index (χ4v) is 7.78. The molecule has 0 spiro atoms. The summed E-state index contributed by atoms with van der Waals surface area (Å²) in [5.74, 6) is -2.59. The minimum Gasteiger partial charge on any atom is -0.779 e. The van der Waals surface area contributed by atoms with Crippen molar-refractivity contribution in [3.8, 4) is 0 Å². The lowest BCUT2D eigenvalue weighted by atomic mass is 9.44. The number of ketones is 2. The highest BCUT2D eigenvalue weighted by atomic mass is 31.2. The van der Waals surface area contributed by atoms with Gasteiger partial charge in [0.15, 0.2) is 17.2 Å². The van der Waals surface area contributed by atoms with Gasteiger partial charge in [0.05, 0.1) is 6.10 Å². The van der Waals surface area contributed by atoms with Crippen molar-refractivity contribution in [3.63, 3.8) is 0 Å². The first-order chi connectivity index (χ1) is 14.6. The molecule has 0 bridgehead atoms. The first kappa shape index (κ1) is 24.0. The number of aliphatic hydroxyl groups is 2. The first-order valence-electron chi connectivity index (χ1n) is 11.1. The summed E-state index contributed by atoms with van der Waals surface area (Å²) in [6.45, 7) is 5.16. The van der Waals surface area contributed by atoms with Gasteiger partial charge in [-0.1, -0.05) is 25.5 Å². The van der Waals surface area contributed by atoms with Gasteiger partial charge in [0.2, 0.25) is 0 Å². The van der Waals surface area contributed by atoms with Gasteiger partial charge in [-0.3, -0.25) is 9.59 Å². The van der Waals surface area contributed by atoms with Crippen molar-refractivity contribution in [2.24, 2.45) is 28.6 Å². The molecule has 2 N–H and O–H groups in total. The summed E-state index contributed by atoms with van der Waals surface area (Å²) < 4.78 is 33.1. The van der Waals surface area contributed by atoms with E-state index in [4.69, 9.17) is 4.52 Å². The second kappa shape index (κ2) is 7.16. The van der Waals surface area contributed by atoms with Crippen LogP contribution < -0.4 is 4.89 Å². The number of rotatable bonds is 4. The highest BCUT2D eigenvalue weighted by molar-refractivity contribution is 7.50. The Morgan fingerprint density at radius 3 is 2.66 bits per heavy atom. The molecular weight excluding hydrogens is 438 g/mol. The molecular formula is C23H31FO7P-. The van der Waals surface area contributed by atoms with Gasteiger partial charge in [0.25, 0.3) is 0 Å². The van der Waals surface area contributed by atoms with E-state index < -0.39 is 65.9 Å². The minimum absolute atomic E-state index is 0.164. The Bertz CT molecular complexity index is 971. The van der Waals surface area contributed by atoms with E-state index in [1.807, 2.05) is 0 Å². The number of hydrogen-bond acceptors (Lipinski definition) is 7. The van der Waals surface area contributed by atoms with E-state index in [1.54, 1.807) is 26.8 Å². The zero-order valence-electron chi connectivity index (χ0n) is 18.8. The van der Waals surface area contributed by atoms with Crippen LogP contribution in [0.2, 0.25) is 0 Å². The summed E-state index contributed by atoms with van der Waals surface area (Å²) in [4.78, 5) is 36.4. The SMILES string of the molecule is C[C@@H]1C[C@H]2[C@H]3CCC4=CC(=O)C=C[C@]4(C)[C@@]3(F)[C@@H](O)C[C@]2(C)[C@@]1(O)C(=O)COP(C)(=O)[O-]. The second-order valence-electron chi connectivity index (χ2n) is 10.6. The minimum atomic E-state index is -4.18. The molecule has 0 saturated heterocycles. The molecule has 9 atom stereocenters. The van der Waals surface area contributed by atoms with E-state index in [1.165, 1.54) is 12.2 Å². The number of halogens is 1. The summed E-state index contributed by atoms with van der Waals surface area (Å²) in [6, 6.07) is 0. The molecule has 0 aromatic rings.